The molecule has 1 atom stereocenters. The zero-order valence-electron chi connectivity index (χ0n) is 13.6. The standard InChI is InChI=1S/C16H24N2O4.ClH/c1-20-12-9-13(21-2)11-14(10-12)22-8-7-18-16(19)15-5-3-4-6-17-15;/h9-11,15,17H,3-8H2,1-2H3,(H,18,19);1H. The molecule has 1 aliphatic heterocycles. The minimum Gasteiger partial charge on any atom is -0.496 e. The van der Waals surface area contributed by atoms with Gasteiger partial charge in [0, 0.05) is 18.2 Å². The molecule has 130 valence electrons. The first-order valence-corrected chi connectivity index (χ1v) is 7.60. The predicted octanol–water partition coefficient (Wildman–Crippen LogP) is 1.76. The topological polar surface area (TPSA) is 68.8 Å². The number of hydrogen-bond donors (Lipinski definition) is 2. The third-order valence-electron chi connectivity index (χ3n) is 3.62. The molecule has 1 aliphatic rings. The van der Waals surface area contributed by atoms with Crippen molar-refractivity contribution in [1.82, 2.24) is 10.6 Å². The van der Waals surface area contributed by atoms with Gasteiger partial charge in [-0.2, -0.15) is 0 Å². The van der Waals surface area contributed by atoms with E-state index in [-0.39, 0.29) is 24.4 Å². The van der Waals surface area contributed by atoms with Crippen LogP contribution in [-0.4, -0.2) is 45.9 Å². The number of hydrogen-bond acceptors (Lipinski definition) is 5. The van der Waals surface area contributed by atoms with Crippen LogP contribution >= 0.6 is 12.4 Å². The Balaban J connectivity index is 0.00000264. The van der Waals surface area contributed by atoms with Gasteiger partial charge in [-0.05, 0) is 19.4 Å². The summed E-state index contributed by atoms with van der Waals surface area (Å²) in [5.41, 5.74) is 0. The van der Waals surface area contributed by atoms with E-state index in [2.05, 4.69) is 10.6 Å². The summed E-state index contributed by atoms with van der Waals surface area (Å²) < 4.78 is 16.0. The van der Waals surface area contributed by atoms with E-state index < -0.39 is 0 Å². The van der Waals surface area contributed by atoms with Gasteiger partial charge in [-0.3, -0.25) is 4.79 Å². The molecule has 1 aromatic rings. The number of carbonyl (C=O) groups excluding carboxylic acids is 1. The van der Waals surface area contributed by atoms with Crippen molar-refractivity contribution < 1.29 is 19.0 Å². The van der Waals surface area contributed by atoms with Crippen molar-refractivity contribution in [2.45, 2.75) is 25.3 Å². The van der Waals surface area contributed by atoms with Gasteiger partial charge in [-0.15, -0.1) is 12.4 Å². The van der Waals surface area contributed by atoms with Crippen LogP contribution in [0.4, 0.5) is 0 Å². The van der Waals surface area contributed by atoms with Crippen LogP contribution in [0.3, 0.4) is 0 Å². The summed E-state index contributed by atoms with van der Waals surface area (Å²) in [6, 6.07) is 5.29. The maximum atomic E-state index is 11.9. The highest BCUT2D eigenvalue weighted by molar-refractivity contribution is 5.85. The minimum atomic E-state index is -0.0642. The van der Waals surface area contributed by atoms with Crippen molar-refractivity contribution in [3.05, 3.63) is 18.2 Å². The Hall–Kier alpha value is -1.66. The molecule has 2 rings (SSSR count). The zero-order valence-corrected chi connectivity index (χ0v) is 14.4. The molecule has 0 bridgehead atoms. The fourth-order valence-electron chi connectivity index (χ4n) is 2.41. The fourth-order valence-corrected chi connectivity index (χ4v) is 2.41. The number of halogens is 1. The van der Waals surface area contributed by atoms with Crippen LogP contribution in [0.2, 0.25) is 0 Å². The third kappa shape index (κ3) is 6.15. The van der Waals surface area contributed by atoms with Crippen LogP contribution in [0.5, 0.6) is 17.2 Å². The van der Waals surface area contributed by atoms with E-state index in [1.165, 1.54) is 0 Å². The molecule has 1 aromatic carbocycles. The van der Waals surface area contributed by atoms with Gasteiger partial charge in [0.05, 0.1) is 26.8 Å². The summed E-state index contributed by atoms with van der Waals surface area (Å²) in [6.45, 7) is 1.78. The molecule has 7 heteroatoms. The molecule has 1 amide bonds. The summed E-state index contributed by atoms with van der Waals surface area (Å²) in [5, 5.41) is 6.11. The smallest absolute Gasteiger partial charge is 0.237 e. The summed E-state index contributed by atoms with van der Waals surface area (Å²) in [4.78, 5) is 11.9. The Morgan fingerprint density at radius 3 is 2.39 bits per heavy atom. The van der Waals surface area contributed by atoms with E-state index in [1.807, 2.05) is 0 Å². The summed E-state index contributed by atoms with van der Waals surface area (Å²) in [5.74, 6) is 2.04. The van der Waals surface area contributed by atoms with Gasteiger partial charge in [-0.1, -0.05) is 6.42 Å². The van der Waals surface area contributed by atoms with Crippen LogP contribution in [0.25, 0.3) is 0 Å². The monoisotopic (exact) mass is 344 g/mol. The molecule has 0 saturated carbocycles. The highest BCUT2D eigenvalue weighted by atomic mass is 35.5. The van der Waals surface area contributed by atoms with Crippen molar-refractivity contribution in [3.8, 4) is 17.2 Å². The Labute approximate surface area is 143 Å². The maximum Gasteiger partial charge on any atom is 0.237 e. The Morgan fingerprint density at radius 2 is 1.83 bits per heavy atom. The summed E-state index contributed by atoms with van der Waals surface area (Å²) >= 11 is 0. The second kappa shape index (κ2) is 10.2. The molecule has 0 aromatic heterocycles. The van der Waals surface area contributed by atoms with E-state index in [1.54, 1.807) is 32.4 Å². The van der Waals surface area contributed by atoms with E-state index in [0.29, 0.717) is 30.4 Å². The highest BCUT2D eigenvalue weighted by Crippen LogP contribution is 2.27. The molecule has 0 radical (unpaired) electrons. The molecule has 23 heavy (non-hydrogen) atoms. The fraction of sp³-hybridized carbons (Fsp3) is 0.562. The lowest BCUT2D eigenvalue weighted by Crippen LogP contribution is -2.47. The van der Waals surface area contributed by atoms with Gasteiger partial charge in [0.15, 0.2) is 0 Å². The van der Waals surface area contributed by atoms with E-state index in [9.17, 15) is 4.79 Å². The molecular formula is C16H25ClN2O4. The zero-order chi connectivity index (χ0) is 15.8. The minimum absolute atomic E-state index is 0. The largest absolute Gasteiger partial charge is 0.496 e. The average molecular weight is 345 g/mol. The van der Waals surface area contributed by atoms with E-state index >= 15 is 0 Å². The Bertz CT molecular complexity index is 471. The number of rotatable bonds is 7. The van der Waals surface area contributed by atoms with Gasteiger partial charge in [-0.25, -0.2) is 0 Å². The lowest BCUT2D eigenvalue weighted by Gasteiger charge is -2.22. The van der Waals surface area contributed by atoms with Crippen LogP contribution in [-0.2, 0) is 4.79 Å². The lowest BCUT2D eigenvalue weighted by molar-refractivity contribution is -0.123. The van der Waals surface area contributed by atoms with Crippen LogP contribution in [0.1, 0.15) is 19.3 Å². The van der Waals surface area contributed by atoms with Gasteiger partial charge in [0.1, 0.15) is 23.9 Å². The quantitative estimate of drug-likeness (QED) is 0.738. The first-order chi connectivity index (χ1) is 10.7. The predicted molar refractivity (Wildman–Crippen MR) is 90.9 cm³/mol. The van der Waals surface area contributed by atoms with Gasteiger partial charge in [0.25, 0.3) is 0 Å². The van der Waals surface area contributed by atoms with Crippen molar-refractivity contribution in [2.75, 3.05) is 33.9 Å². The van der Waals surface area contributed by atoms with Crippen LogP contribution in [0.15, 0.2) is 18.2 Å². The first kappa shape index (κ1) is 19.4. The van der Waals surface area contributed by atoms with Crippen LogP contribution < -0.4 is 24.8 Å². The molecule has 6 nitrogen and oxygen atoms in total. The number of ether oxygens (including phenoxy) is 3. The molecule has 1 heterocycles. The Kier molecular flexibility index (Phi) is 8.58. The molecule has 1 saturated heterocycles. The molecule has 0 aliphatic carbocycles. The van der Waals surface area contributed by atoms with Crippen molar-refractivity contribution >= 4 is 18.3 Å². The van der Waals surface area contributed by atoms with Crippen molar-refractivity contribution in [2.24, 2.45) is 0 Å². The average Bonchev–Trinajstić information content (AvgIpc) is 2.58. The van der Waals surface area contributed by atoms with Gasteiger partial charge < -0.3 is 24.8 Å². The summed E-state index contributed by atoms with van der Waals surface area (Å²) in [6.07, 6.45) is 3.15. The van der Waals surface area contributed by atoms with E-state index in [4.69, 9.17) is 14.2 Å². The second-order valence-electron chi connectivity index (χ2n) is 5.19. The third-order valence-corrected chi connectivity index (χ3v) is 3.62. The SMILES string of the molecule is COc1cc(OC)cc(OCCNC(=O)C2CCCCN2)c1.Cl. The number of piperidine rings is 1. The normalized spacial score (nSPS) is 16.9. The first-order valence-electron chi connectivity index (χ1n) is 7.60. The number of nitrogens with one attached hydrogen (secondary N) is 2. The van der Waals surface area contributed by atoms with Gasteiger partial charge >= 0.3 is 0 Å². The maximum absolute atomic E-state index is 11.9. The Morgan fingerprint density at radius 1 is 1.17 bits per heavy atom. The number of amides is 1. The highest BCUT2D eigenvalue weighted by Gasteiger charge is 2.19. The molecule has 1 fully saturated rings. The van der Waals surface area contributed by atoms with E-state index in [0.717, 1.165) is 25.8 Å². The number of methoxy groups -OCH3 is 2. The molecule has 0 spiro atoms. The number of carbonyl (C=O) groups is 1. The van der Waals surface area contributed by atoms with Crippen molar-refractivity contribution in [1.29, 1.82) is 0 Å². The summed E-state index contributed by atoms with van der Waals surface area (Å²) in [7, 11) is 3.19. The second-order valence-corrected chi connectivity index (χ2v) is 5.19. The lowest BCUT2D eigenvalue weighted by atomic mass is 10.0. The number of benzene rings is 1. The van der Waals surface area contributed by atoms with Crippen molar-refractivity contribution in [3.63, 3.8) is 0 Å². The molecule has 2 N–H and O–H groups in total. The molecular weight excluding hydrogens is 320 g/mol. The van der Waals surface area contributed by atoms with Crippen LogP contribution in [0, 0.1) is 0 Å². The molecule has 1 unspecified atom stereocenters. The van der Waals surface area contributed by atoms with Gasteiger partial charge in [0.2, 0.25) is 5.91 Å².